The Morgan fingerprint density at radius 2 is 2.29 bits per heavy atom. The second kappa shape index (κ2) is 4.45. The zero-order valence-electron chi connectivity index (χ0n) is 9.92. The molecule has 0 saturated carbocycles. The van der Waals surface area contributed by atoms with Crippen molar-refractivity contribution >= 4 is 5.97 Å². The average molecular weight is 233 g/mol. The summed E-state index contributed by atoms with van der Waals surface area (Å²) in [6, 6.07) is 3.54. The molecule has 0 aliphatic rings. The van der Waals surface area contributed by atoms with E-state index in [1.165, 1.54) is 0 Å². The maximum atomic E-state index is 11.1. The first-order chi connectivity index (χ1) is 8.11. The molecule has 0 radical (unpaired) electrons. The molecule has 5 nitrogen and oxygen atoms in total. The van der Waals surface area contributed by atoms with E-state index in [-0.39, 0.29) is 5.69 Å². The number of aromatic nitrogens is 3. The van der Waals surface area contributed by atoms with E-state index >= 15 is 0 Å². The first-order valence-electron chi connectivity index (χ1n) is 5.55. The second-order valence-corrected chi connectivity index (χ2v) is 4.01. The minimum absolute atomic E-state index is 0.241. The van der Waals surface area contributed by atoms with Gasteiger partial charge in [-0.25, -0.2) is 4.79 Å². The van der Waals surface area contributed by atoms with Crippen LogP contribution in [0.4, 0.5) is 0 Å². The molecule has 0 bridgehead atoms. The summed E-state index contributed by atoms with van der Waals surface area (Å²) in [4.78, 5) is 11.1. The van der Waals surface area contributed by atoms with Crippen molar-refractivity contribution in [2.24, 2.45) is 7.05 Å². The average Bonchev–Trinajstić information content (AvgIpc) is 2.85. The summed E-state index contributed by atoms with van der Waals surface area (Å²) in [5, 5.41) is 13.4. The van der Waals surface area contributed by atoms with Crippen LogP contribution in [-0.4, -0.2) is 25.4 Å². The van der Waals surface area contributed by atoms with E-state index in [1.807, 2.05) is 37.0 Å². The molecule has 2 rings (SSSR count). The van der Waals surface area contributed by atoms with Crippen LogP contribution >= 0.6 is 0 Å². The number of hydrogen-bond donors (Lipinski definition) is 1. The van der Waals surface area contributed by atoms with Gasteiger partial charge in [-0.05, 0) is 18.6 Å². The summed E-state index contributed by atoms with van der Waals surface area (Å²) in [5.74, 6) is -0.937. The normalized spacial score (nSPS) is 10.7. The van der Waals surface area contributed by atoms with Gasteiger partial charge in [0.25, 0.3) is 0 Å². The molecule has 17 heavy (non-hydrogen) atoms. The molecular weight excluding hydrogens is 218 g/mol. The van der Waals surface area contributed by atoms with E-state index in [9.17, 15) is 4.79 Å². The molecule has 0 unspecified atom stereocenters. The lowest BCUT2D eigenvalue weighted by molar-refractivity contribution is 0.0683. The molecule has 0 aromatic carbocycles. The van der Waals surface area contributed by atoms with E-state index in [0.717, 1.165) is 12.0 Å². The minimum atomic E-state index is -0.937. The van der Waals surface area contributed by atoms with Crippen LogP contribution in [0.3, 0.4) is 0 Å². The number of nitrogens with zero attached hydrogens (tertiary/aromatic N) is 3. The van der Waals surface area contributed by atoms with Crippen molar-refractivity contribution in [2.45, 2.75) is 19.9 Å². The van der Waals surface area contributed by atoms with E-state index < -0.39 is 5.97 Å². The van der Waals surface area contributed by atoms with Gasteiger partial charge in [-0.3, -0.25) is 4.68 Å². The van der Waals surface area contributed by atoms with Crippen LogP contribution in [0.1, 0.15) is 23.8 Å². The van der Waals surface area contributed by atoms with Gasteiger partial charge in [-0.1, -0.05) is 6.92 Å². The molecular formula is C12H15N3O2. The van der Waals surface area contributed by atoms with Crippen LogP contribution in [0, 0.1) is 0 Å². The molecule has 5 heteroatoms. The van der Waals surface area contributed by atoms with Gasteiger partial charge in [-0.2, -0.15) is 5.10 Å². The topological polar surface area (TPSA) is 60.0 Å². The first-order valence-corrected chi connectivity index (χ1v) is 5.55. The molecule has 2 heterocycles. The largest absolute Gasteiger partial charge is 0.477 e. The Hall–Kier alpha value is -2.04. The third kappa shape index (κ3) is 2.22. The number of carboxylic acids is 1. The standard InChI is InChI=1S/C12H15N3O2/c1-3-5-15-11(12(16)17)7-10(13-15)9-4-6-14(2)8-9/h4,6-8H,3,5H2,1-2H3,(H,16,17). The van der Waals surface area contributed by atoms with Gasteiger partial charge in [-0.15, -0.1) is 0 Å². The number of carboxylic acid groups (broad SMARTS) is 1. The molecule has 0 aliphatic heterocycles. The van der Waals surface area contributed by atoms with Gasteiger partial charge in [0.15, 0.2) is 0 Å². The fourth-order valence-electron chi connectivity index (χ4n) is 1.77. The van der Waals surface area contributed by atoms with Gasteiger partial charge < -0.3 is 9.67 Å². The highest BCUT2D eigenvalue weighted by atomic mass is 16.4. The summed E-state index contributed by atoms with van der Waals surface area (Å²) < 4.78 is 3.46. The highest BCUT2D eigenvalue weighted by Gasteiger charge is 2.14. The predicted molar refractivity (Wildman–Crippen MR) is 63.9 cm³/mol. The van der Waals surface area contributed by atoms with E-state index in [0.29, 0.717) is 12.2 Å². The predicted octanol–water partition coefficient (Wildman–Crippen LogP) is 2.00. The minimum Gasteiger partial charge on any atom is -0.477 e. The van der Waals surface area contributed by atoms with Crippen LogP contribution < -0.4 is 0 Å². The van der Waals surface area contributed by atoms with Crippen LogP contribution in [-0.2, 0) is 13.6 Å². The number of aromatic carboxylic acids is 1. The van der Waals surface area contributed by atoms with Crippen molar-refractivity contribution in [3.05, 3.63) is 30.2 Å². The SMILES string of the molecule is CCCn1nc(-c2ccn(C)c2)cc1C(=O)O. The molecule has 0 saturated heterocycles. The molecule has 0 aliphatic carbocycles. The van der Waals surface area contributed by atoms with Crippen molar-refractivity contribution in [3.8, 4) is 11.3 Å². The Bertz CT molecular complexity index is 540. The smallest absolute Gasteiger partial charge is 0.354 e. The third-order valence-corrected chi connectivity index (χ3v) is 2.56. The van der Waals surface area contributed by atoms with E-state index in [4.69, 9.17) is 5.11 Å². The molecule has 90 valence electrons. The van der Waals surface area contributed by atoms with Crippen LogP contribution in [0.25, 0.3) is 11.3 Å². The fourth-order valence-corrected chi connectivity index (χ4v) is 1.77. The van der Waals surface area contributed by atoms with Gasteiger partial charge in [0.2, 0.25) is 0 Å². The van der Waals surface area contributed by atoms with Crippen LogP contribution in [0.2, 0.25) is 0 Å². The second-order valence-electron chi connectivity index (χ2n) is 4.01. The summed E-state index contributed by atoms with van der Waals surface area (Å²) in [6.07, 6.45) is 4.69. The molecule has 2 aromatic heterocycles. The Labute approximate surface area is 99.3 Å². The lowest BCUT2D eigenvalue weighted by atomic mass is 10.2. The Morgan fingerprint density at radius 3 is 2.82 bits per heavy atom. The highest BCUT2D eigenvalue weighted by Crippen LogP contribution is 2.19. The lowest BCUT2D eigenvalue weighted by Crippen LogP contribution is -2.09. The Balaban J connectivity index is 2.43. The van der Waals surface area contributed by atoms with Crippen molar-refractivity contribution < 1.29 is 9.90 Å². The van der Waals surface area contributed by atoms with E-state index in [1.54, 1.807) is 10.7 Å². The zero-order valence-corrected chi connectivity index (χ0v) is 9.92. The number of rotatable bonds is 4. The zero-order chi connectivity index (χ0) is 12.4. The lowest BCUT2D eigenvalue weighted by Gasteiger charge is -2.00. The highest BCUT2D eigenvalue weighted by molar-refractivity contribution is 5.87. The molecule has 0 atom stereocenters. The molecule has 0 fully saturated rings. The van der Waals surface area contributed by atoms with Crippen molar-refractivity contribution in [1.82, 2.24) is 14.3 Å². The van der Waals surface area contributed by atoms with Crippen LogP contribution in [0.5, 0.6) is 0 Å². The first kappa shape index (κ1) is 11.4. The fraction of sp³-hybridized carbons (Fsp3) is 0.333. The van der Waals surface area contributed by atoms with Crippen molar-refractivity contribution in [3.63, 3.8) is 0 Å². The maximum Gasteiger partial charge on any atom is 0.354 e. The summed E-state index contributed by atoms with van der Waals surface area (Å²) in [5.41, 5.74) is 1.88. The monoisotopic (exact) mass is 233 g/mol. The van der Waals surface area contributed by atoms with Crippen molar-refractivity contribution in [2.75, 3.05) is 0 Å². The van der Waals surface area contributed by atoms with Gasteiger partial charge >= 0.3 is 5.97 Å². The summed E-state index contributed by atoms with van der Waals surface area (Å²) in [7, 11) is 1.92. The Morgan fingerprint density at radius 1 is 1.53 bits per heavy atom. The van der Waals surface area contributed by atoms with E-state index in [2.05, 4.69) is 5.10 Å². The van der Waals surface area contributed by atoms with Gasteiger partial charge in [0.05, 0.1) is 5.69 Å². The Kier molecular flexibility index (Phi) is 2.99. The molecule has 0 spiro atoms. The molecule has 1 N–H and O–H groups in total. The van der Waals surface area contributed by atoms with Crippen molar-refractivity contribution in [1.29, 1.82) is 0 Å². The maximum absolute atomic E-state index is 11.1. The van der Waals surface area contributed by atoms with Gasteiger partial charge in [0.1, 0.15) is 5.69 Å². The quantitative estimate of drug-likeness (QED) is 0.878. The van der Waals surface area contributed by atoms with Crippen LogP contribution in [0.15, 0.2) is 24.5 Å². The number of carbonyl (C=O) groups is 1. The van der Waals surface area contributed by atoms with Gasteiger partial charge in [0, 0.05) is 31.5 Å². The summed E-state index contributed by atoms with van der Waals surface area (Å²) in [6.45, 7) is 2.62. The molecule has 2 aromatic rings. The number of hydrogen-bond acceptors (Lipinski definition) is 2. The number of aryl methyl sites for hydroxylation is 2. The summed E-state index contributed by atoms with van der Waals surface area (Å²) >= 11 is 0. The molecule has 0 amide bonds. The third-order valence-electron chi connectivity index (χ3n) is 2.56.